The van der Waals surface area contributed by atoms with Crippen molar-refractivity contribution in [3.63, 3.8) is 0 Å². The first-order chi connectivity index (χ1) is 25.7. The lowest BCUT2D eigenvalue weighted by Crippen LogP contribution is -2.48. The highest BCUT2D eigenvalue weighted by Gasteiger charge is 2.38. The maximum absolute atomic E-state index is 12.7. The number of anilines is 2. The molecule has 0 radical (unpaired) electrons. The quantitative estimate of drug-likeness (QED) is 0.257. The summed E-state index contributed by atoms with van der Waals surface area (Å²) in [4.78, 5) is 54.0. The van der Waals surface area contributed by atoms with Gasteiger partial charge in [-0.1, -0.05) is 43.3 Å². The first-order valence-electron chi connectivity index (χ1n) is 17.8. The number of carbonyl (C=O) groups is 2. The van der Waals surface area contributed by atoms with Gasteiger partial charge in [0.25, 0.3) is 17.0 Å². The topological polar surface area (TPSA) is 176 Å². The van der Waals surface area contributed by atoms with Crippen LogP contribution in [0.5, 0.6) is 0 Å². The van der Waals surface area contributed by atoms with Crippen molar-refractivity contribution in [1.82, 2.24) is 24.3 Å². The average molecular weight is 759 g/mol. The number of carbonyl (C=O) groups excluding carboxylic acids is 1. The van der Waals surface area contributed by atoms with E-state index in [9.17, 15) is 28.0 Å². The minimum Gasteiger partial charge on any atom is -0.475 e. The Hall–Kier alpha value is -5.07. The smallest absolute Gasteiger partial charge is 0.475 e. The number of rotatable bonds is 5. The Morgan fingerprint density at radius 3 is 1.96 bits per heavy atom. The van der Waals surface area contributed by atoms with Crippen LogP contribution in [0.15, 0.2) is 63.5 Å². The van der Waals surface area contributed by atoms with E-state index in [0.717, 1.165) is 93.2 Å². The number of amides is 1. The number of aryl methyl sites for hydroxylation is 1. The fourth-order valence-electron chi connectivity index (χ4n) is 6.26. The van der Waals surface area contributed by atoms with Gasteiger partial charge in [0.2, 0.25) is 0 Å². The van der Waals surface area contributed by atoms with Crippen molar-refractivity contribution < 1.29 is 33.1 Å². The van der Waals surface area contributed by atoms with Crippen LogP contribution in [-0.2, 0) is 16.1 Å². The van der Waals surface area contributed by atoms with E-state index in [1.165, 1.54) is 0 Å². The van der Waals surface area contributed by atoms with Gasteiger partial charge >= 0.3 is 12.1 Å². The molecule has 4 N–H and O–H groups in total. The molecule has 1 aromatic heterocycles. The first kappa shape index (κ1) is 41.7. The van der Waals surface area contributed by atoms with Crippen molar-refractivity contribution in [1.29, 1.82) is 0 Å². The number of hydrogen-bond acceptors (Lipinski definition) is 12. The fraction of sp³-hybridized carbons (Fsp3) is 0.500. The summed E-state index contributed by atoms with van der Waals surface area (Å²) in [5.41, 5.74) is 8.31. The van der Waals surface area contributed by atoms with Crippen LogP contribution in [0.3, 0.4) is 0 Å². The number of hydrogen-bond donors (Lipinski definition) is 3. The second-order valence-electron chi connectivity index (χ2n) is 13.1. The zero-order valence-electron chi connectivity index (χ0n) is 31.0. The number of aromatic nitrogens is 2. The van der Waals surface area contributed by atoms with E-state index in [-0.39, 0.29) is 17.0 Å². The summed E-state index contributed by atoms with van der Waals surface area (Å²) in [6, 6.07) is 15.8. The maximum atomic E-state index is 12.7. The molecule has 6 rings (SSSR count). The van der Waals surface area contributed by atoms with Crippen LogP contribution in [0.25, 0.3) is 10.9 Å². The molecule has 3 aromatic rings. The van der Waals surface area contributed by atoms with E-state index in [0.29, 0.717) is 18.9 Å². The van der Waals surface area contributed by atoms with Gasteiger partial charge in [0.15, 0.2) is 6.17 Å². The Morgan fingerprint density at radius 1 is 0.870 bits per heavy atom. The van der Waals surface area contributed by atoms with E-state index in [1.807, 2.05) is 55.5 Å². The third-order valence-electron chi connectivity index (χ3n) is 9.14. The van der Waals surface area contributed by atoms with E-state index in [1.54, 1.807) is 9.47 Å². The number of nitrogens with two attached hydrogens (primary N) is 1. The number of aliphatic carboxylic acids is 1. The molecule has 294 valence electrons. The van der Waals surface area contributed by atoms with Gasteiger partial charge in [-0.25, -0.2) is 14.8 Å². The van der Waals surface area contributed by atoms with E-state index in [2.05, 4.69) is 55.8 Å². The second-order valence-corrected chi connectivity index (χ2v) is 13.1. The van der Waals surface area contributed by atoms with Crippen LogP contribution < -0.4 is 26.6 Å². The summed E-state index contributed by atoms with van der Waals surface area (Å²) in [5, 5.41) is 20.5. The predicted molar refractivity (Wildman–Crippen MR) is 200 cm³/mol. The van der Waals surface area contributed by atoms with Crippen LogP contribution in [0.2, 0.25) is 0 Å². The average Bonchev–Trinajstić information content (AvgIpc) is 3.34. The molecule has 54 heavy (non-hydrogen) atoms. The van der Waals surface area contributed by atoms with E-state index in [4.69, 9.17) is 15.6 Å². The number of nitrogens with zero attached hydrogens (tertiary/aromatic N) is 9. The molecule has 1 atom stereocenters. The molecule has 0 saturated carbocycles. The highest BCUT2D eigenvalue weighted by molar-refractivity contribution is 6.11. The van der Waals surface area contributed by atoms with Crippen LogP contribution in [0.4, 0.5) is 24.7 Å². The summed E-state index contributed by atoms with van der Waals surface area (Å²) < 4.78 is 33.4. The van der Waals surface area contributed by atoms with Crippen molar-refractivity contribution in [3.8, 4) is 0 Å². The number of carboxylic acid groups (broad SMARTS) is 1. The molecular formula is C36H49F3N10O5. The third kappa shape index (κ3) is 10.1. The van der Waals surface area contributed by atoms with Gasteiger partial charge in [0, 0.05) is 76.4 Å². The molecule has 2 saturated heterocycles. The Morgan fingerprint density at radius 2 is 1.41 bits per heavy atom. The number of likely N-dealkylation sites (N-methyl/N-ethyl adjacent to an activating group) is 2. The molecule has 0 aliphatic carbocycles. The monoisotopic (exact) mass is 758 g/mol. The normalized spacial score (nSPS) is 18.6. The summed E-state index contributed by atoms with van der Waals surface area (Å²) in [6.45, 7) is 12.6. The number of benzene rings is 2. The molecule has 2 aromatic carbocycles. The number of halogens is 3. The molecular weight excluding hydrogens is 709 g/mol. The molecule has 0 spiro atoms. The number of benzodiazepines with no additional fused rings is 1. The Kier molecular flexibility index (Phi) is 14.5. The first-order valence-corrected chi connectivity index (χ1v) is 17.8. The Balaban J connectivity index is 0.000000205. The van der Waals surface area contributed by atoms with E-state index >= 15 is 0 Å². The predicted octanol–water partition coefficient (Wildman–Crippen LogP) is 2.20. The zero-order valence-corrected chi connectivity index (χ0v) is 31.0. The van der Waals surface area contributed by atoms with Crippen molar-refractivity contribution in [2.45, 2.75) is 45.6 Å². The third-order valence-corrected chi connectivity index (χ3v) is 9.14. The summed E-state index contributed by atoms with van der Waals surface area (Å²) in [6.07, 6.45) is -4.22. The lowest BCUT2D eigenvalue weighted by molar-refractivity contribution is -0.192. The Labute approximate surface area is 311 Å². The summed E-state index contributed by atoms with van der Waals surface area (Å²) in [5.74, 6) is -1.32. The molecule has 3 aliphatic heterocycles. The van der Waals surface area contributed by atoms with Gasteiger partial charge < -0.3 is 45.1 Å². The number of aliphatic imine (C=N–C) groups is 1. The number of piperazine rings is 2. The SMILES string of the molecule is CCCN1C(=O)C(N)N=C(N2CCN(C)CC2)c2ccccc21.CCCn1c(=O)/c(=N\O)nc(N2CCN(C)CC2)c2ccccc21.O=C(O)C(F)(F)F. The zero-order chi connectivity index (χ0) is 39.6. The van der Waals surface area contributed by atoms with Crippen molar-refractivity contribution >= 4 is 40.1 Å². The largest absolute Gasteiger partial charge is 0.490 e. The number of amidine groups is 1. The van der Waals surface area contributed by atoms with Gasteiger partial charge in [-0.2, -0.15) is 13.2 Å². The Bertz CT molecular complexity index is 1920. The highest BCUT2D eigenvalue weighted by Crippen LogP contribution is 2.27. The molecule has 1 amide bonds. The lowest BCUT2D eigenvalue weighted by Gasteiger charge is -2.35. The molecule has 2 fully saturated rings. The maximum Gasteiger partial charge on any atom is 0.490 e. The molecule has 15 nitrogen and oxygen atoms in total. The number of carboxylic acids is 1. The molecule has 3 aliphatic rings. The summed E-state index contributed by atoms with van der Waals surface area (Å²) >= 11 is 0. The van der Waals surface area contributed by atoms with Crippen molar-refractivity contribution in [2.75, 3.05) is 82.8 Å². The minimum absolute atomic E-state index is 0.122. The highest BCUT2D eigenvalue weighted by atomic mass is 19.4. The molecule has 4 heterocycles. The van der Waals surface area contributed by atoms with Gasteiger partial charge in [0.05, 0.1) is 11.2 Å². The molecule has 1 unspecified atom stereocenters. The number of fused-ring (bicyclic) bond motifs is 2. The lowest BCUT2D eigenvalue weighted by atomic mass is 10.1. The minimum atomic E-state index is -5.08. The van der Waals surface area contributed by atoms with Crippen molar-refractivity contribution in [2.24, 2.45) is 15.9 Å². The van der Waals surface area contributed by atoms with E-state index < -0.39 is 18.3 Å². The van der Waals surface area contributed by atoms with Gasteiger partial charge in [0.1, 0.15) is 11.7 Å². The van der Waals surface area contributed by atoms with Gasteiger partial charge in [-0.05, 0) is 51.2 Å². The summed E-state index contributed by atoms with van der Waals surface area (Å²) in [7, 11) is 4.21. The molecule has 18 heteroatoms. The second kappa shape index (κ2) is 18.8. The number of para-hydroxylation sites is 2. The van der Waals surface area contributed by atoms with Gasteiger partial charge in [-0.15, -0.1) is 0 Å². The van der Waals surface area contributed by atoms with Crippen LogP contribution >= 0.6 is 0 Å². The van der Waals surface area contributed by atoms with Crippen LogP contribution in [-0.4, -0.2) is 138 Å². The van der Waals surface area contributed by atoms with Crippen molar-refractivity contribution in [3.05, 3.63) is 69.9 Å². The number of alkyl halides is 3. The van der Waals surface area contributed by atoms with Crippen LogP contribution in [0.1, 0.15) is 32.3 Å². The molecule has 0 bridgehead atoms. The van der Waals surface area contributed by atoms with Gasteiger partial charge in [-0.3, -0.25) is 9.59 Å². The standard InChI is InChI=1S/C17H23N5O2.C17H25N5O.C2HF3O2/c1-3-8-22-14-7-5-4-6-13(14)16(18-15(19-24)17(22)23)21-11-9-20(2)10-12-21;1-3-8-22-14-7-5-4-6-13(14)16(19-15(18)17(22)23)21-11-9-20(2)10-12-21;3-2(4,5)1(6)7/h4-7,24H,3,8-12H2,1-2H3;4-7,15H,3,8-12,18H2,1-2H3;(H,6,7)/b19-15+;;. The van der Waals surface area contributed by atoms with Crippen LogP contribution in [0, 0.1) is 0 Å². The fourth-order valence-corrected chi connectivity index (χ4v) is 6.26.